The van der Waals surface area contributed by atoms with Gasteiger partial charge in [-0.2, -0.15) is 10.4 Å². The topological polar surface area (TPSA) is 65.2 Å². The van der Waals surface area contributed by atoms with Gasteiger partial charge in [-0.15, -0.1) is 0 Å². The molecule has 2 atom stereocenters. The molecule has 1 aromatic carbocycles. The predicted molar refractivity (Wildman–Crippen MR) is 95.6 cm³/mol. The highest BCUT2D eigenvalue weighted by Crippen LogP contribution is 2.37. The van der Waals surface area contributed by atoms with Crippen molar-refractivity contribution in [2.75, 3.05) is 18.0 Å². The number of aromatic nitrogens is 2. The van der Waals surface area contributed by atoms with E-state index in [4.69, 9.17) is 16.9 Å². The number of nitriles is 1. The minimum Gasteiger partial charge on any atom is -0.366 e. The molecule has 8 heteroatoms. The molecule has 5 rings (SSSR count). The van der Waals surface area contributed by atoms with E-state index in [1.54, 1.807) is 25.4 Å². The Balaban J connectivity index is 1.49. The number of anilines is 1. The van der Waals surface area contributed by atoms with E-state index in [9.17, 15) is 9.18 Å². The van der Waals surface area contributed by atoms with E-state index >= 15 is 0 Å². The van der Waals surface area contributed by atoms with E-state index in [0.29, 0.717) is 23.4 Å². The molecule has 26 heavy (non-hydrogen) atoms. The molecule has 0 amide bonds. The zero-order valence-corrected chi connectivity index (χ0v) is 14.9. The summed E-state index contributed by atoms with van der Waals surface area (Å²) in [5, 5.41) is 13.1. The average Bonchev–Trinajstić information content (AvgIpc) is 2.65. The van der Waals surface area contributed by atoms with E-state index < -0.39 is 0 Å². The number of aryl methyl sites for hydroxylation is 1. The van der Waals surface area contributed by atoms with Gasteiger partial charge in [-0.3, -0.25) is 9.69 Å². The summed E-state index contributed by atoms with van der Waals surface area (Å²) < 4.78 is 15.4. The van der Waals surface area contributed by atoms with Crippen molar-refractivity contribution < 1.29 is 4.39 Å². The summed E-state index contributed by atoms with van der Waals surface area (Å²) in [4.78, 5) is 16.3. The lowest BCUT2D eigenvalue weighted by molar-refractivity contribution is -0.00924. The Morgan fingerprint density at radius 2 is 2.12 bits per heavy atom. The number of benzene rings is 1. The first-order valence-electron chi connectivity index (χ1n) is 8.39. The molecule has 6 nitrogen and oxygen atoms in total. The second-order valence-electron chi connectivity index (χ2n) is 6.81. The number of hydrogen-bond donors (Lipinski definition) is 0. The molecule has 2 aromatic rings. The maximum atomic E-state index is 14.2. The molecule has 3 aliphatic heterocycles. The van der Waals surface area contributed by atoms with Gasteiger partial charge in [0.05, 0.1) is 23.5 Å². The third-order valence-corrected chi connectivity index (χ3v) is 5.64. The SMILES string of the molecule is Cn1ncc(N2CC3CC(C2)N3Cc2ccc(C#N)cc2F)c(Cl)c1=O. The Hall–Kier alpha value is -2.43. The fourth-order valence-electron chi connectivity index (χ4n) is 3.81. The van der Waals surface area contributed by atoms with Crippen LogP contribution in [0, 0.1) is 17.1 Å². The number of fused-ring (bicyclic) bond motifs is 2. The minimum atomic E-state index is -0.343. The molecule has 3 fully saturated rings. The third kappa shape index (κ3) is 2.75. The quantitative estimate of drug-likeness (QED) is 0.822. The number of piperazine rings is 1. The van der Waals surface area contributed by atoms with E-state index in [-0.39, 0.29) is 28.5 Å². The van der Waals surface area contributed by atoms with E-state index in [1.807, 2.05) is 6.07 Å². The Morgan fingerprint density at radius 3 is 2.77 bits per heavy atom. The van der Waals surface area contributed by atoms with E-state index in [0.717, 1.165) is 19.5 Å². The van der Waals surface area contributed by atoms with Crippen molar-refractivity contribution in [3.8, 4) is 6.07 Å². The number of piperidine rings is 1. The van der Waals surface area contributed by atoms with Crippen LogP contribution in [0.5, 0.6) is 0 Å². The van der Waals surface area contributed by atoms with Crippen LogP contribution in [0.4, 0.5) is 10.1 Å². The van der Waals surface area contributed by atoms with Crippen LogP contribution < -0.4 is 10.5 Å². The zero-order valence-electron chi connectivity index (χ0n) is 14.2. The maximum Gasteiger partial charge on any atom is 0.287 e. The molecule has 1 aromatic heterocycles. The van der Waals surface area contributed by atoms with Gasteiger partial charge < -0.3 is 4.90 Å². The van der Waals surface area contributed by atoms with Crippen LogP contribution in [0.2, 0.25) is 5.02 Å². The second kappa shape index (κ2) is 6.38. The van der Waals surface area contributed by atoms with Gasteiger partial charge in [-0.25, -0.2) is 9.07 Å². The summed E-state index contributed by atoms with van der Waals surface area (Å²) in [5.74, 6) is -0.343. The van der Waals surface area contributed by atoms with Crippen molar-refractivity contribution in [3.63, 3.8) is 0 Å². The molecule has 134 valence electrons. The van der Waals surface area contributed by atoms with Crippen LogP contribution in [0.25, 0.3) is 0 Å². The summed E-state index contributed by atoms with van der Waals surface area (Å²) in [6, 6.07) is 7.12. The molecule has 0 N–H and O–H groups in total. The van der Waals surface area contributed by atoms with Gasteiger partial charge in [0, 0.05) is 44.3 Å². The van der Waals surface area contributed by atoms with Crippen molar-refractivity contribution in [1.29, 1.82) is 5.26 Å². The van der Waals surface area contributed by atoms with Gasteiger partial charge in [-0.05, 0) is 18.6 Å². The lowest BCUT2D eigenvalue weighted by atomic mass is 9.86. The zero-order chi connectivity index (χ0) is 18.4. The highest BCUT2D eigenvalue weighted by atomic mass is 35.5. The van der Waals surface area contributed by atoms with Gasteiger partial charge in [0.25, 0.3) is 5.56 Å². The average molecular weight is 374 g/mol. The van der Waals surface area contributed by atoms with Crippen molar-refractivity contribution in [2.45, 2.75) is 25.0 Å². The van der Waals surface area contributed by atoms with Crippen molar-refractivity contribution >= 4 is 17.3 Å². The van der Waals surface area contributed by atoms with Crippen LogP contribution in [0.15, 0.2) is 29.2 Å². The first-order valence-corrected chi connectivity index (χ1v) is 8.76. The summed E-state index contributed by atoms with van der Waals surface area (Å²) in [6.07, 6.45) is 2.67. The lowest BCUT2D eigenvalue weighted by Crippen LogP contribution is -2.68. The Morgan fingerprint density at radius 1 is 1.38 bits per heavy atom. The Kier molecular flexibility index (Phi) is 4.17. The third-order valence-electron chi connectivity index (χ3n) is 5.28. The number of rotatable bonds is 3. The van der Waals surface area contributed by atoms with Crippen molar-refractivity contribution in [2.24, 2.45) is 7.05 Å². The summed E-state index contributed by atoms with van der Waals surface area (Å²) in [6.45, 7) is 1.97. The molecule has 0 saturated carbocycles. The first-order chi connectivity index (χ1) is 12.5. The van der Waals surface area contributed by atoms with Crippen LogP contribution in [-0.2, 0) is 13.6 Å². The predicted octanol–water partition coefficient (Wildman–Crippen LogP) is 1.91. The molecule has 4 heterocycles. The smallest absolute Gasteiger partial charge is 0.287 e. The van der Waals surface area contributed by atoms with Crippen LogP contribution in [-0.4, -0.2) is 39.9 Å². The Bertz CT molecular complexity index is 957. The van der Waals surface area contributed by atoms with E-state index in [1.165, 1.54) is 10.7 Å². The lowest BCUT2D eigenvalue weighted by Gasteiger charge is -2.57. The standard InChI is InChI=1S/C18H17ClFN5O/c1-23-18(26)17(19)16(7-22-23)24-9-13-5-14(10-24)25(13)8-12-3-2-11(6-21)4-15(12)20/h2-4,7,13-14H,5,8-10H2,1H3. The van der Waals surface area contributed by atoms with Crippen LogP contribution >= 0.6 is 11.6 Å². The monoisotopic (exact) mass is 373 g/mol. The number of halogens is 2. The molecule has 0 radical (unpaired) electrons. The molecule has 2 bridgehead atoms. The molecular formula is C18H17ClFN5O. The largest absolute Gasteiger partial charge is 0.366 e. The molecular weight excluding hydrogens is 357 g/mol. The summed E-state index contributed by atoms with van der Waals surface area (Å²) >= 11 is 6.21. The van der Waals surface area contributed by atoms with Gasteiger partial charge >= 0.3 is 0 Å². The van der Waals surface area contributed by atoms with E-state index in [2.05, 4.69) is 14.9 Å². The van der Waals surface area contributed by atoms with Crippen LogP contribution in [0.1, 0.15) is 17.5 Å². The fraction of sp³-hybridized carbons (Fsp3) is 0.389. The van der Waals surface area contributed by atoms with Gasteiger partial charge in [0.1, 0.15) is 10.8 Å². The fourth-order valence-corrected chi connectivity index (χ4v) is 4.10. The Labute approximate surface area is 155 Å². The van der Waals surface area contributed by atoms with Gasteiger partial charge in [0.2, 0.25) is 0 Å². The molecule has 0 spiro atoms. The summed E-state index contributed by atoms with van der Waals surface area (Å²) in [7, 11) is 1.57. The molecule has 3 saturated heterocycles. The van der Waals surface area contributed by atoms with Crippen molar-refractivity contribution in [1.82, 2.24) is 14.7 Å². The molecule has 0 aliphatic carbocycles. The normalized spacial score (nSPS) is 22.0. The highest BCUT2D eigenvalue weighted by Gasteiger charge is 2.45. The number of nitrogens with zero attached hydrogens (tertiary/aromatic N) is 5. The first kappa shape index (κ1) is 17.0. The highest BCUT2D eigenvalue weighted by molar-refractivity contribution is 6.33. The van der Waals surface area contributed by atoms with Gasteiger partial charge in [0.15, 0.2) is 0 Å². The molecule has 2 unspecified atom stereocenters. The van der Waals surface area contributed by atoms with Gasteiger partial charge in [-0.1, -0.05) is 17.7 Å². The molecule has 3 aliphatic rings. The van der Waals surface area contributed by atoms with Crippen molar-refractivity contribution in [3.05, 3.63) is 56.7 Å². The van der Waals surface area contributed by atoms with Crippen LogP contribution in [0.3, 0.4) is 0 Å². The minimum absolute atomic E-state index is 0.188. The second-order valence-corrected chi connectivity index (χ2v) is 7.19. The number of hydrogen-bond acceptors (Lipinski definition) is 5. The maximum absolute atomic E-state index is 14.2. The summed E-state index contributed by atoms with van der Waals surface area (Å²) in [5.41, 5.74) is 1.28.